The number of ether oxygens (including phenoxy) is 1. The molecule has 0 aromatic heterocycles. The smallest absolute Gasteiger partial charge is 0.328 e. The molecule has 5 nitrogen and oxygen atoms in total. The second-order valence-electron chi connectivity index (χ2n) is 3.44. The van der Waals surface area contributed by atoms with E-state index in [4.69, 9.17) is 4.74 Å². The fourth-order valence-electron chi connectivity index (χ4n) is 1.21. The molecule has 0 radical (unpaired) electrons. The van der Waals surface area contributed by atoms with Crippen LogP contribution < -0.4 is 10.6 Å². The quantitative estimate of drug-likeness (QED) is 0.783. The summed E-state index contributed by atoms with van der Waals surface area (Å²) in [6, 6.07) is 7.89. The molecule has 0 saturated carbocycles. The van der Waals surface area contributed by atoms with E-state index in [9.17, 15) is 9.59 Å². The maximum atomic E-state index is 11.5. The van der Waals surface area contributed by atoms with E-state index in [1.165, 1.54) is 0 Å². The topological polar surface area (TPSA) is 67.4 Å². The number of nitrogens with one attached hydrogen (secondary N) is 2. The standard InChI is InChI=1S/C12H16N2O3/c1-3-17-11(15)9(2)13-12(16)14-10-7-5-4-6-8-10/h4-9H,3H2,1-2H3,(H2,13,14,16). The Labute approximate surface area is 100 Å². The van der Waals surface area contributed by atoms with Crippen LogP contribution in [-0.2, 0) is 9.53 Å². The fraction of sp³-hybridized carbons (Fsp3) is 0.333. The second-order valence-corrected chi connectivity index (χ2v) is 3.44. The lowest BCUT2D eigenvalue weighted by molar-refractivity contribution is -0.144. The molecule has 1 rings (SSSR count). The molecule has 17 heavy (non-hydrogen) atoms. The van der Waals surface area contributed by atoms with Crippen LogP contribution in [0.5, 0.6) is 0 Å². The van der Waals surface area contributed by atoms with E-state index >= 15 is 0 Å². The molecule has 5 heteroatoms. The summed E-state index contributed by atoms with van der Waals surface area (Å²) in [6.07, 6.45) is 0. The Bertz CT molecular complexity index is 379. The lowest BCUT2D eigenvalue weighted by Gasteiger charge is -2.13. The lowest BCUT2D eigenvalue weighted by atomic mass is 10.3. The highest BCUT2D eigenvalue weighted by atomic mass is 16.5. The molecule has 0 aliphatic heterocycles. The van der Waals surface area contributed by atoms with Gasteiger partial charge in [-0.3, -0.25) is 0 Å². The van der Waals surface area contributed by atoms with Crippen LogP contribution in [0.1, 0.15) is 13.8 Å². The fourth-order valence-corrected chi connectivity index (χ4v) is 1.21. The molecule has 0 bridgehead atoms. The monoisotopic (exact) mass is 236 g/mol. The molecule has 2 N–H and O–H groups in total. The van der Waals surface area contributed by atoms with Crippen LogP contribution in [0.25, 0.3) is 0 Å². The number of rotatable bonds is 4. The third kappa shape index (κ3) is 4.55. The highest BCUT2D eigenvalue weighted by Crippen LogP contribution is 2.04. The summed E-state index contributed by atoms with van der Waals surface area (Å²) in [5.74, 6) is -0.448. The van der Waals surface area contributed by atoms with Crippen LogP contribution in [0.2, 0.25) is 0 Å². The Balaban J connectivity index is 2.42. The van der Waals surface area contributed by atoms with Gasteiger partial charge in [-0.2, -0.15) is 0 Å². The van der Waals surface area contributed by atoms with Gasteiger partial charge in [-0.05, 0) is 26.0 Å². The van der Waals surface area contributed by atoms with Crippen molar-refractivity contribution in [2.24, 2.45) is 0 Å². The summed E-state index contributed by atoms with van der Waals surface area (Å²) in [6.45, 7) is 3.59. The van der Waals surface area contributed by atoms with Crippen molar-refractivity contribution in [1.29, 1.82) is 0 Å². The Morgan fingerprint density at radius 1 is 1.29 bits per heavy atom. The zero-order chi connectivity index (χ0) is 12.7. The number of anilines is 1. The highest BCUT2D eigenvalue weighted by Gasteiger charge is 2.16. The van der Waals surface area contributed by atoms with Gasteiger partial charge in [0.1, 0.15) is 6.04 Å². The van der Waals surface area contributed by atoms with Crippen molar-refractivity contribution in [3.05, 3.63) is 30.3 Å². The molecule has 92 valence electrons. The first kappa shape index (κ1) is 13.0. The first-order chi connectivity index (χ1) is 8.13. The molecular weight excluding hydrogens is 220 g/mol. The van der Waals surface area contributed by atoms with Crippen LogP contribution in [0, 0.1) is 0 Å². The number of amides is 2. The molecule has 0 heterocycles. The van der Waals surface area contributed by atoms with Gasteiger partial charge in [0.05, 0.1) is 6.61 Å². The molecule has 0 spiro atoms. The molecule has 1 atom stereocenters. The summed E-state index contributed by atoms with van der Waals surface area (Å²) < 4.78 is 4.77. The Morgan fingerprint density at radius 2 is 1.94 bits per heavy atom. The van der Waals surface area contributed by atoms with Gasteiger partial charge in [-0.1, -0.05) is 18.2 Å². The first-order valence-corrected chi connectivity index (χ1v) is 5.42. The minimum Gasteiger partial charge on any atom is -0.464 e. The van der Waals surface area contributed by atoms with E-state index < -0.39 is 18.0 Å². The van der Waals surface area contributed by atoms with Crippen LogP contribution in [0.4, 0.5) is 10.5 Å². The lowest BCUT2D eigenvalue weighted by Crippen LogP contribution is -2.41. The van der Waals surface area contributed by atoms with Crippen molar-refractivity contribution < 1.29 is 14.3 Å². The molecule has 1 unspecified atom stereocenters. The van der Waals surface area contributed by atoms with Crippen molar-refractivity contribution in [1.82, 2.24) is 5.32 Å². The summed E-state index contributed by atoms with van der Waals surface area (Å²) in [5, 5.41) is 5.10. The number of urea groups is 1. The van der Waals surface area contributed by atoms with Crippen LogP contribution >= 0.6 is 0 Å². The highest BCUT2D eigenvalue weighted by molar-refractivity contribution is 5.92. The van der Waals surface area contributed by atoms with Gasteiger partial charge in [-0.15, -0.1) is 0 Å². The van der Waals surface area contributed by atoms with Crippen molar-refractivity contribution in [2.45, 2.75) is 19.9 Å². The van der Waals surface area contributed by atoms with E-state index in [1.54, 1.807) is 26.0 Å². The molecule has 2 amide bonds. The number of hydrogen-bond donors (Lipinski definition) is 2. The number of carbonyl (C=O) groups excluding carboxylic acids is 2. The molecule has 0 saturated heterocycles. The van der Waals surface area contributed by atoms with E-state index in [2.05, 4.69) is 10.6 Å². The van der Waals surface area contributed by atoms with Crippen LogP contribution in [0.3, 0.4) is 0 Å². The van der Waals surface area contributed by atoms with E-state index in [0.29, 0.717) is 12.3 Å². The SMILES string of the molecule is CCOC(=O)C(C)NC(=O)Nc1ccccc1. The van der Waals surface area contributed by atoms with Crippen molar-refractivity contribution in [3.63, 3.8) is 0 Å². The molecular formula is C12H16N2O3. The van der Waals surface area contributed by atoms with E-state index in [-0.39, 0.29) is 0 Å². The molecule has 0 fully saturated rings. The van der Waals surface area contributed by atoms with Crippen molar-refractivity contribution in [3.8, 4) is 0 Å². The largest absolute Gasteiger partial charge is 0.464 e. The number of carbonyl (C=O) groups is 2. The average Bonchev–Trinajstić information content (AvgIpc) is 2.30. The van der Waals surface area contributed by atoms with E-state index in [1.807, 2.05) is 18.2 Å². The van der Waals surface area contributed by atoms with Crippen LogP contribution in [-0.4, -0.2) is 24.6 Å². The third-order valence-electron chi connectivity index (χ3n) is 2.02. The summed E-state index contributed by atoms with van der Waals surface area (Å²) >= 11 is 0. The molecule has 0 aliphatic rings. The Kier molecular flexibility index (Phi) is 5.00. The maximum absolute atomic E-state index is 11.5. The first-order valence-electron chi connectivity index (χ1n) is 5.42. The van der Waals surface area contributed by atoms with Gasteiger partial charge < -0.3 is 15.4 Å². The molecule has 1 aromatic rings. The number of para-hydroxylation sites is 1. The minimum absolute atomic E-state index is 0.297. The van der Waals surface area contributed by atoms with Gasteiger partial charge in [0.15, 0.2) is 0 Å². The van der Waals surface area contributed by atoms with Crippen LogP contribution in [0.15, 0.2) is 30.3 Å². The molecule has 1 aromatic carbocycles. The normalized spacial score (nSPS) is 11.4. The minimum atomic E-state index is -0.668. The van der Waals surface area contributed by atoms with Crippen molar-refractivity contribution >= 4 is 17.7 Å². The zero-order valence-electron chi connectivity index (χ0n) is 9.90. The molecule has 0 aliphatic carbocycles. The number of benzene rings is 1. The summed E-state index contributed by atoms with van der Waals surface area (Å²) in [5.41, 5.74) is 0.668. The summed E-state index contributed by atoms with van der Waals surface area (Å²) in [7, 11) is 0. The maximum Gasteiger partial charge on any atom is 0.328 e. The average molecular weight is 236 g/mol. The van der Waals surface area contributed by atoms with Gasteiger partial charge in [0.2, 0.25) is 0 Å². The van der Waals surface area contributed by atoms with Gasteiger partial charge in [-0.25, -0.2) is 9.59 Å². The predicted molar refractivity (Wildman–Crippen MR) is 64.7 cm³/mol. The van der Waals surface area contributed by atoms with Crippen molar-refractivity contribution in [2.75, 3.05) is 11.9 Å². The number of hydrogen-bond acceptors (Lipinski definition) is 3. The van der Waals surface area contributed by atoms with Gasteiger partial charge in [0, 0.05) is 5.69 Å². The predicted octanol–water partition coefficient (Wildman–Crippen LogP) is 1.76. The Hall–Kier alpha value is -2.04. The Morgan fingerprint density at radius 3 is 2.53 bits per heavy atom. The second kappa shape index (κ2) is 6.52. The number of esters is 1. The zero-order valence-corrected chi connectivity index (χ0v) is 9.90. The van der Waals surface area contributed by atoms with Gasteiger partial charge >= 0.3 is 12.0 Å². The van der Waals surface area contributed by atoms with E-state index in [0.717, 1.165) is 0 Å². The van der Waals surface area contributed by atoms with Gasteiger partial charge in [0.25, 0.3) is 0 Å². The summed E-state index contributed by atoms with van der Waals surface area (Å²) in [4.78, 5) is 22.8. The third-order valence-corrected chi connectivity index (χ3v) is 2.02.